The summed E-state index contributed by atoms with van der Waals surface area (Å²) in [5.41, 5.74) is 1.44. The number of rotatable bonds is 7. The molecule has 0 spiro atoms. The number of nitrogens with zero attached hydrogens (tertiary/aromatic N) is 3. The van der Waals surface area contributed by atoms with Crippen LogP contribution in [0.25, 0.3) is 0 Å². The Morgan fingerprint density at radius 2 is 1.86 bits per heavy atom. The number of amides is 1. The van der Waals surface area contributed by atoms with Gasteiger partial charge < -0.3 is 14.6 Å². The van der Waals surface area contributed by atoms with Gasteiger partial charge in [-0.15, -0.1) is 10.2 Å². The largest absolute Gasteiger partial charge is 0.485 e. The van der Waals surface area contributed by atoms with Gasteiger partial charge in [-0.25, -0.2) is 0 Å². The first-order valence-corrected chi connectivity index (χ1v) is 10.6. The smallest absolute Gasteiger partial charge is 0.234 e. The fourth-order valence-electron chi connectivity index (χ4n) is 2.39. The van der Waals surface area contributed by atoms with Crippen LogP contribution in [0.2, 0.25) is 15.1 Å². The maximum Gasteiger partial charge on any atom is 0.234 e. The third-order valence-electron chi connectivity index (χ3n) is 3.99. The molecule has 0 aliphatic rings. The van der Waals surface area contributed by atoms with Crippen molar-refractivity contribution in [3.63, 3.8) is 0 Å². The first kappa shape index (κ1) is 21.8. The third-order valence-corrected chi connectivity index (χ3v) is 6.05. The average molecular weight is 472 g/mol. The van der Waals surface area contributed by atoms with Crippen molar-refractivity contribution in [2.75, 3.05) is 11.1 Å². The lowest BCUT2D eigenvalue weighted by molar-refractivity contribution is -0.113. The van der Waals surface area contributed by atoms with E-state index in [2.05, 4.69) is 15.5 Å². The molecule has 10 heteroatoms. The number of hydrogen-bond donors (Lipinski definition) is 1. The van der Waals surface area contributed by atoms with Crippen LogP contribution in [0.1, 0.15) is 11.4 Å². The summed E-state index contributed by atoms with van der Waals surface area (Å²) in [6, 6.07) is 10.7. The Morgan fingerprint density at radius 1 is 1.14 bits per heavy atom. The molecule has 0 bridgehead atoms. The highest BCUT2D eigenvalue weighted by Crippen LogP contribution is 2.32. The number of benzene rings is 2. The minimum absolute atomic E-state index is 0.126. The molecule has 6 nitrogen and oxygen atoms in total. The summed E-state index contributed by atoms with van der Waals surface area (Å²) < 4.78 is 7.60. The lowest BCUT2D eigenvalue weighted by Crippen LogP contribution is -2.15. The molecule has 0 unspecified atom stereocenters. The van der Waals surface area contributed by atoms with Crippen LogP contribution in [-0.4, -0.2) is 26.4 Å². The maximum absolute atomic E-state index is 12.3. The van der Waals surface area contributed by atoms with Crippen LogP contribution in [0, 0.1) is 6.92 Å². The molecule has 1 heterocycles. The maximum atomic E-state index is 12.3. The van der Waals surface area contributed by atoms with Gasteiger partial charge >= 0.3 is 0 Å². The van der Waals surface area contributed by atoms with Gasteiger partial charge in [-0.3, -0.25) is 4.79 Å². The van der Waals surface area contributed by atoms with Crippen molar-refractivity contribution >= 4 is 58.2 Å². The van der Waals surface area contributed by atoms with E-state index >= 15 is 0 Å². The minimum atomic E-state index is -0.254. The van der Waals surface area contributed by atoms with Crippen LogP contribution < -0.4 is 10.1 Å². The summed E-state index contributed by atoms with van der Waals surface area (Å²) in [4.78, 5) is 12.3. The zero-order chi connectivity index (χ0) is 21.0. The topological polar surface area (TPSA) is 69.0 Å². The molecule has 0 saturated carbocycles. The van der Waals surface area contributed by atoms with Crippen molar-refractivity contribution in [1.82, 2.24) is 14.8 Å². The fourth-order valence-corrected chi connectivity index (χ4v) is 3.72. The second-order valence-corrected chi connectivity index (χ2v) is 8.26. The molecule has 0 fully saturated rings. The van der Waals surface area contributed by atoms with Gasteiger partial charge in [0.15, 0.2) is 11.0 Å². The number of ether oxygens (including phenoxy) is 1. The van der Waals surface area contributed by atoms with E-state index in [9.17, 15) is 4.79 Å². The van der Waals surface area contributed by atoms with E-state index < -0.39 is 0 Å². The Morgan fingerprint density at radius 3 is 2.62 bits per heavy atom. The van der Waals surface area contributed by atoms with Crippen molar-refractivity contribution < 1.29 is 9.53 Å². The molecule has 3 aromatic rings. The summed E-state index contributed by atoms with van der Waals surface area (Å²) in [5.74, 6) is 1.32. The molecule has 1 N–H and O–H groups in total. The Balaban J connectivity index is 1.57. The van der Waals surface area contributed by atoms with E-state index in [1.54, 1.807) is 4.57 Å². The number of anilines is 1. The van der Waals surface area contributed by atoms with Crippen molar-refractivity contribution in [3.05, 3.63) is 62.9 Å². The second-order valence-electron chi connectivity index (χ2n) is 6.10. The minimum Gasteiger partial charge on any atom is -0.485 e. The number of halogens is 3. The molecule has 1 amide bonds. The second kappa shape index (κ2) is 9.71. The SMILES string of the molecule is Cc1ccccc1OCc1nnc(SCC(=O)Nc2cc(Cl)c(Cl)cc2Cl)n1C. The van der Waals surface area contributed by atoms with E-state index in [-0.39, 0.29) is 18.3 Å². The van der Waals surface area contributed by atoms with Gasteiger partial charge in [0.2, 0.25) is 5.91 Å². The van der Waals surface area contributed by atoms with Gasteiger partial charge in [-0.2, -0.15) is 0 Å². The zero-order valence-electron chi connectivity index (χ0n) is 15.6. The number of carbonyl (C=O) groups is 1. The number of hydrogen-bond acceptors (Lipinski definition) is 5. The monoisotopic (exact) mass is 470 g/mol. The van der Waals surface area contributed by atoms with Crippen LogP contribution >= 0.6 is 46.6 Å². The van der Waals surface area contributed by atoms with Gasteiger partial charge in [0.1, 0.15) is 12.4 Å². The van der Waals surface area contributed by atoms with Crippen LogP contribution in [0.4, 0.5) is 5.69 Å². The van der Waals surface area contributed by atoms with Crippen molar-refractivity contribution in [1.29, 1.82) is 0 Å². The van der Waals surface area contributed by atoms with Crippen LogP contribution in [0.15, 0.2) is 41.6 Å². The van der Waals surface area contributed by atoms with Crippen molar-refractivity contribution in [3.8, 4) is 5.75 Å². The molecular weight excluding hydrogens is 455 g/mol. The Labute approximate surface area is 187 Å². The summed E-state index contributed by atoms with van der Waals surface area (Å²) in [6.07, 6.45) is 0. The lowest BCUT2D eigenvalue weighted by Gasteiger charge is -2.09. The molecule has 0 aliphatic carbocycles. The number of carbonyl (C=O) groups excluding carboxylic acids is 1. The van der Waals surface area contributed by atoms with E-state index in [4.69, 9.17) is 39.5 Å². The highest BCUT2D eigenvalue weighted by atomic mass is 35.5. The summed E-state index contributed by atoms with van der Waals surface area (Å²) in [6.45, 7) is 2.26. The highest BCUT2D eigenvalue weighted by Gasteiger charge is 2.14. The fraction of sp³-hybridized carbons (Fsp3) is 0.211. The van der Waals surface area contributed by atoms with E-state index in [1.165, 1.54) is 23.9 Å². The standard InChI is InChI=1S/C19H17Cl3N4O2S/c1-11-5-3-4-6-16(11)28-9-17-24-25-19(26(17)2)29-10-18(27)23-15-8-13(21)12(20)7-14(15)22/h3-8H,9-10H2,1-2H3,(H,23,27). The van der Waals surface area contributed by atoms with Gasteiger partial charge in [0.05, 0.1) is 26.5 Å². The Hall–Kier alpha value is -1.93. The normalized spacial score (nSPS) is 10.8. The molecular formula is C19H17Cl3N4O2S. The van der Waals surface area contributed by atoms with Crippen LogP contribution in [-0.2, 0) is 18.4 Å². The van der Waals surface area contributed by atoms with Gasteiger partial charge in [-0.1, -0.05) is 64.8 Å². The number of thioether (sulfide) groups is 1. The molecule has 0 atom stereocenters. The Bertz CT molecular complexity index is 1040. The molecule has 1 aromatic heterocycles. The zero-order valence-corrected chi connectivity index (χ0v) is 18.7. The van der Waals surface area contributed by atoms with E-state index in [0.29, 0.717) is 31.7 Å². The Kier molecular flexibility index (Phi) is 7.29. The van der Waals surface area contributed by atoms with Crippen LogP contribution in [0.5, 0.6) is 5.75 Å². The van der Waals surface area contributed by atoms with Crippen LogP contribution in [0.3, 0.4) is 0 Å². The highest BCUT2D eigenvalue weighted by molar-refractivity contribution is 7.99. The summed E-state index contributed by atoms with van der Waals surface area (Å²) in [7, 11) is 1.83. The average Bonchev–Trinajstić information content (AvgIpc) is 3.03. The van der Waals surface area contributed by atoms with Crippen molar-refractivity contribution in [2.45, 2.75) is 18.7 Å². The summed E-state index contributed by atoms with van der Waals surface area (Å²) >= 11 is 19.2. The molecule has 0 aliphatic heterocycles. The number of aryl methyl sites for hydroxylation is 1. The third kappa shape index (κ3) is 5.57. The predicted molar refractivity (Wildman–Crippen MR) is 117 cm³/mol. The molecule has 152 valence electrons. The van der Waals surface area contributed by atoms with E-state index in [0.717, 1.165) is 11.3 Å². The molecule has 2 aromatic carbocycles. The predicted octanol–water partition coefficient (Wildman–Crippen LogP) is 5.39. The quantitative estimate of drug-likeness (QED) is 0.369. The summed E-state index contributed by atoms with van der Waals surface area (Å²) in [5, 5.41) is 12.5. The van der Waals surface area contributed by atoms with Crippen molar-refractivity contribution in [2.24, 2.45) is 7.05 Å². The lowest BCUT2D eigenvalue weighted by atomic mass is 10.2. The number of aromatic nitrogens is 3. The molecule has 29 heavy (non-hydrogen) atoms. The first-order chi connectivity index (χ1) is 13.8. The van der Waals surface area contributed by atoms with Gasteiger partial charge in [0, 0.05) is 7.05 Å². The van der Waals surface area contributed by atoms with Gasteiger partial charge in [-0.05, 0) is 30.7 Å². The molecule has 0 saturated heterocycles. The molecule has 3 rings (SSSR count). The van der Waals surface area contributed by atoms with E-state index in [1.807, 2.05) is 38.2 Å². The molecule has 0 radical (unpaired) electrons. The first-order valence-electron chi connectivity index (χ1n) is 8.49. The number of para-hydroxylation sites is 1. The number of nitrogens with one attached hydrogen (secondary N) is 1. The van der Waals surface area contributed by atoms with Gasteiger partial charge in [0.25, 0.3) is 0 Å².